The normalized spacial score (nSPS) is 11.5. The molecule has 0 radical (unpaired) electrons. The summed E-state index contributed by atoms with van der Waals surface area (Å²) in [6.07, 6.45) is -4.79. The van der Waals surface area contributed by atoms with Crippen molar-refractivity contribution in [1.82, 2.24) is 9.78 Å². The third-order valence-corrected chi connectivity index (χ3v) is 2.99. The number of ether oxygens (including phenoxy) is 1. The Bertz CT molecular complexity index is 738. The predicted octanol–water partition coefficient (Wildman–Crippen LogP) is 2.52. The van der Waals surface area contributed by atoms with E-state index in [0.29, 0.717) is 6.07 Å². The van der Waals surface area contributed by atoms with Crippen LogP contribution in [0.5, 0.6) is 11.5 Å². The Morgan fingerprint density at radius 2 is 1.95 bits per heavy atom. The molecule has 0 atom stereocenters. The molecule has 9 heteroatoms. The average molecular weight is 316 g/mol. The van der Waals surface area contributed by atoms with Crippen molar-refractivity contribution in [3.05, 3.63) is 29.5 Å². The number of hydrogen-bond acceptors (Lipinski definition) is 4. The molecule has 0 aliphatic rings. The van der Waals surface area contributed by atoms with Gasteiger partial charge in [-0.2, -0.15) is 18.3 Å². The third-order valence-electron chi connectivity index (χ3n) is 2.99. The highest BCUT2D eigenvalue weighted by molar-refractivity contribution is 5.87. The summed E-state index contributed by atoms with van der Waals surface area (Å²) < 4.78 is 44.8. The highest BCUT2D eigenvalue weighted by Crippen LogP contribution is 2.43. The number of carboxylic acid groups (broad SMARTS) is 1. The SMILES string of the molecule is COc1cc(-c2cc(C(=O)O)nn2C)cc(C(F)(F)F)c1O. The number of carbonyl (C=O) groups is 1. The number of benzene rings is 1. The van der Waals surface area contributed by atoms with Gasteiger partial charge in [-0.05, 0) is 18.2 Å². The van der Waals surface area contributed by atoms with Crippen molar-refractivity contribution in [3.63, 3.8) is 0 Å². The summed E-state index contributed by atoms with van der Waals surface area (Å²) in [6, 6.07) is 3.02. The van der Waals surface area contributed by atoms with Crippen LogP contribution in [0.2, 0.25) is 0 Å². The van der Waals surface area contributed by atoms with Gasteiger partial charge >= 0.3 is 12.1 Å². The zero-order chi connectivity index (χ0) is 16.7. The van der Waals surface area contributed by atoms with Crippen LogP contribution in [0.25, 0.3) is 11.3 Å². The largest absolute Gasteiger partial charge is 0.504 e. The van der Waals surface area contributed by atoms with Crippen LogP contribution in [-0.4, -0.2) is 33.1 Å². The second kappa shape index (κ2) is 5.24. The van der Waals surface area contributed by atoms with Crippen LogP contribution in [0.4, 0.5) is 13.2 Å². The molecule has 0 fully saturated rings. The molecule has 0 aliphatic heterocycles. The zero-order valence-corrected chi connectivity index (χ0v) is 11.5. The van der Waals surface area contributed by atoms with Gasteiger partial charge in [0.1, 0.15) is 5.56 Å². The summed E-state index contributed by atoms with van der Waals surface area (Å²) >= 11 is 0. The third kappa shape index (κ3) is 2.69. The van der Waals surface area contributed by atoms with Gasteiger partial charge in [0.2, 0.25) is 0 Å². The number of alkyl halides is 3. The lowest BCUT2D eigenvalue weighted by Crippen LogP contribution is -2.07. The number of hydrogen-bond donors (Lipinski definition) is 2. The Labute approximate surface area is 122 Å². The number of rotatable bonds is 3. The van der Waals surface area contributed by atoms with Crippen LogP contribution in [0, 0.1) is 0 Å². The number of phenolic OH excluding ortho intramolecular Hbond substituents is 1. The Morgan fingerprint density at radius 1 is 1.32 bits per heavy atom. The minimum absolute atomic E-state index is 0.0180. The van der Waals surface area contributed by atoms with Crippen molar-refractivity contribution in [1.29, 1.82) is 0 Å². The summed E-state index contributed by atoms with van der Waals surface area (Å²) in [5, 5.41) is 22.2. The van der Waals surface area contributed by atoms with E-state index in [9.17, 15) is 23.1 Å². The number of aromatic hydroxyl groups is 1. The lowest BCUT2D eigenvalue weighted by molar-refractivity contribution is -0.138. The van der Waals surface area contributed by atoms with E-state index >= 15 is 0 Å². The number of aromatic carboxylic acids is 1. The molecular formula is C13H11F3N2O4. The number of phenols is 1. The molecule has 0 aliphatic carbocycles. The van der Waals surface area contributed by atoms with Crippen LogP contribution in [0.15, 0.2) is 18.2 Å². The number of methoxy groups -OCH3 is 1. The second-order valence-corrected chi connectivity index (χ2v) is 4.42. The molecule has 118 valence electrons. The number of halogens is 3. The van der Waals surface area contributed by atoms with Crippen molar-refractivity contribution in [2.75, 3.05) is 7.11 Å². The highest BCUT2D eigenvalue weighted by Gasteiger charge is 2.36. The molecule has 0 bridgehead atoms. The molecule has 22 heavy (non-hydrogen) atoms. The van der Waals surface area contributed by atoms with Gasteiger partial charge in [0, 0.05) is 12.6 Å². The molecule has 2 aromatic rings. The first-order valence-electron chi connectivity index (χ1n) is 5.91. The molecule has 2 N–H and O–H groups in total. The number of nitrogens with zero attached hydrogens (tertiary/aromatic N) is 2. The van der Waals surface area contributed by atoms with Gasteiger partial charge in [-0.3, -0.25) is 4.68 Å². The van der Waals surface area contributed by atoms with Gasteiger partial charge in [-0.25, -0.2) is 4.79 Å². The predicted molar refractivity (Wildman–Crippen MR) is 68.8 cm³/mol. The molecule has 0 saturated carbocycles. The fourth-order valence-corrected chi connectivity index (χ4v) is 1.97. The van der Waals surface area contributed by atoms with Crippen LogP contribution in [0.3, 0.4) is 0 Å². The second-order valence-electron chi connectivity index (χ2n) is 4.42. The highest BCUT2D eigenvalue weighted by atomic mass is 19.4. The molecule has 0 unspecified atom stereocenters. The Kier molecular flexibility index (Phi) is 3.74. The molecular weight excluding hydrogens is 305 g/mol. The van der Waals surface area contributed by atoms with Gasteiger partial charge in [-0.1, -0.05) is 0 Å². The van der Waals surface area contributed by atoms with Gasteiger partial charge in [0.15, 0.2) is 17.2 Å². The van der Waals surface area contributed by atoms with E-state index < -0.39 is 23.5 Å². The van der Waals surface area contributed by atoms with E-state index in [4.69, 9.17) is 9.84 Å². The Balaban J connectivity index is 2.68. The molecule has 1 heterocycles. The molecule has 0 spiro atoms. The van der Waals surface area contributed by atoms with Crippen molar-refractivity contribution in [3.8, 4) is 22.8 Å². The van der Waals surface area contributed by atoms with E-state index in [1.54, 1.807) is 0 Å². The number of aromatic nitrogens is 2. The van der Waals surface area contributed by atoms with Gasteiger partial charge in [0.05, 0.1) is 12.8 Å². The molecule has 0 saturated heterocycles. The van der Waals surface area contributed by atoms with Crippen LogP contribution in [-0.2, 0) is 13.2 Å². The number of aryl methyl sites for hydroxylation is 1. The van der Waals surface area contributed by atoms with E-state index in [1.807, 2.05) is 0 Å². The maximum atomic E-state index is 13.0. The number of carboxylic acids is 1. The molecule has 1 aromatic carbocycles. The summed E-state index contributed by atoms with van der Waals surface area (Å²) in [6.45, 7) is 0. The van der Waals surface area contributed by atoms with Crippen LogP contribution in [0.1, 0.15) is 16.1 Å². The molecule has 6 nitrogen and oxygen atoms in total. The maximum absolute atomic E-state index is 13.0. The lowest BCUT2D eigenvalue weighted by atomic mass is 10.1. The molecule has 0 amide bonds. The fourth-order valence-electron chi connectivity index (χ4n) is 1.97. The van der Waals surface area contributed by atoms with Crippen LogP contribution >= 0.6 is 0 Å². The Hall–Kier alpha value is -2.71. The smallest absolute Gasteiger partial charge is 0.420 e. The molecule has 1 aromatic heterocycles. The summed E-state index contributed by atoms with van der Waals surface area (Å²) in [5.41, 5.74) is -1.43. The monoisotopic (exact) mass is 316 g/mol. The quantitative estimate of drug-likeness (QED) is 0.909. The zero-order valence-electron chi connectivity index (χ0n) is 11.5. The first-order valence-corrected chi connectivity index (χ1v) is 5.91. The first kappa shape index (κ1) is 15.7. The maximum Gasteiger partial charge on any atom is 0.420 e. The average Bonchev–Trinajstić information content (AvgIpc) is 2.80. The summed E-state index contributed by atoms with van der Waals surface area (Å²) in [4.78, 5) is 10.9. The fraction of sp³-hybridized carbons (Fsp3) is 0.231. The molecule has 2 rings (SSSR count). The van der Waals surface area contributed by atoms with Crippen molar-refractivity contribution < 1.29 is 32.9 Å². The van der Waals surface area contributed by atoms with Crippen molar-refractivity contribution >= 4 is 5.97 Å². The summed E-state index contributed by atoms with van der Waals surface area (Å²) in [7, 11) is 2.51. The minimum Gasteiger partial charge on any atom is -0.504 e. The van der Waals surface area contributed by atoms with Gasteiger partial charge in [-0.15, -0.1) is 0 Å². The summed E-state index contributed by atoms with van der Waals surface area (Å²) in [5.74, 6) is -2.70. The topological polar surface area (TPSA) is 84.6 Å². The first-order chi connectivity index (χ1) is 10.1. The van der Waals surface area contributed by atoms with Crippen molar-refractivity contribution in [2.45, 2.75) is 6.18 Å². The Morgan fingerprint density at radius 3 is 2.41 bits per heavy atom. The van der Waals surface area contributed by atoms with E-state index in [2.05, 4.69) is 5.10 Å². The minimum atomic E-state index is -4.79. The standard InChI is InChI=1S/C13H11F3N2O4/c1-18-9(5-8(17-18)12(20)21)6-3-7(13(14,15)16)11(19)10(4-6)22-2/h3-5,19H,1-2H3,(H,20,21). The van der Waals surface area contributed by atoms with E-state index in [-0.39, 0.29) is 22.7 Å². The lowest BCUT2D eigenvalue weighted by Gasteiger charge is -2.14. The van der Waals surface area contributed by atoms with E-state index in [0.717, 1.165) is 17.9 Å². The van der Waals surface area contributed by atoms with Gasteiger partial charge < -0.3 is 14.9 Å². The van der Waals surface area contributed by atoms with E-state index in [1.165, 1.54) is 13.1 Å². The van der Waals surface area contributed by atoms with Crippen LogP contribution < -0.4 is 4.74 Å². The van der Waals surface area contributed by atoms with Gasteiger partial charge in [0.25, 0.3) is 0 Å². The van der Waals surface area contributed by atoms with Crippen molar-refractivity contribution in [2.24, 2.45) is 7.05 Å².